The zero-order chi connectivity index (χ0) is 15.5. The molecule has 112 valence electrons. The fourth-order valence-corrected chi connectivity index (χ4v) is 5.60. The van der Waals surface area contributed by atoms with Crippen molar-refractivity contribution in [2.75, 3.05) is 0 Å². The summed E-state index contributed by atoms with van der Waals surface area (Å²) in [5.41, 5.74) is 2.31. The summed E-state index contributed by atoms with van der Waals surface area (Å²) in [6.07, 6.45) is 0. The van der Waals surface area contributed by atoms with E-state index in [0.717, 1.165) is 5.56 Å². The SMILES string of the molecule is CC(C)(S[S@@](=O)C(C)(C)c1ccccc1)c1ccccc1. The summed E-state index contributed by atoms with van der Waals surface area (Å²) >= 11 is 0. The third kappa shape index (κ3) is 3.78. The summed E-state index contributed by atoms with van der Waals surface area (Å²) in [6, 6.07) is 20.4. The van der Waals surface area contributed by atoms with Gasteiger partial charge in [-0.25, -0.2) is 4.21 Å². The lowest BCUT2D eigenvalue weighted by molar-refractivity contribution is 0.654. The van der Waals surface area contributed by atoms with E-state index >= 15 is 0 Å². The van der Waals surface area contributed by atoms with E-state index in [1.54, 1.807) is 0 Å². The van der Waals surface area contributed by atoms with Crippen LogP contribution in [0.25, 0.3) is 0 Å². The van der Waals surface area contributed by atoms with E-state index in [1.165, 1.54) is 16.4 Å². The van der Waals surface area contributed by atoms with Crippen LogP contribution in [0.2, 0.25) is 0 Å². The molecule has 3 heteroatoms. The number of benzene rings is 2. The second-order valence-electron chi connectivity index (χ2n) is 6.07. The fraction of sp³-hybridized carbons (Fsp3) is 0.333. The lowest BCUT2D eigenvalue weighted by atomic mass is 10.0. The molecule has 0 N–H and O–H groups in total. The van der Waals surface area contributed by atoms with Gasteiger partial charge in [0.2, 0.25) is 0 Å². The Balaban J connectivity index is 2.21. The average molecular weight is 319 g/mol. The highest BCUT2D eigenvalue weighted by Gasteiger charge is 2.34. The van der Waals surface area contributed by atoms with Crippen LogP contribution in [0.15, 0.2) is 60.7 Å². The monoisotopic (exact) mass is 318 g/mol. The smallest absolute Gasteiger partial charge is 0.0914 e. The Hall–Kier alpha value is -1.06. The van der Waals surface area contributed by atoms with Crippen molar-refractivity contribution < 1.29 is 4.21 Å². The van der Waals surface area contributed by atoms with Gasteiger partial charge >= 0.3 is 0 Å². The van der Waals surface area contributed by atoms with Gasteiger partial charge in [-0.3, -0.25) is 0 Å². The Morgan fingerprint density at radius 3 is 1.67 bits per heavy atom. The van der Waals surface area contributed by atoms with Crippen LogP contribution in [0.5, 0.6) is 0 Å². The zero-order valence-electron chi connectivity index (χ0n) is 13.0. The molecular formula is C18H22OS2. The average Bonchev–Trinajstić information content (AvgIpc) is 2.48. The minimum absolute atomic E-state index is 0.182. The van der Waals surface area contributed by atoms with Gasteiger partial charge in [0.05, 0.1) is 14.6 Å². The first kappa shape index (κ1) is 16.3. The van der Waals surface area contributed by atoms with Crippen molar-refractivity contribution in [1.29, 1.82) is 0 Å². The van der Waals surface area contributed by atoms with Crippen molar-refractivity contribution in [2.45, 2.75) is 37.2 Å². The molecular weight excluding hydrogens is 296 g/mol. The van der Waals surface area contributed by atoms with Gasteiger partial charge in [-0.15, -0.1) is 0 Å². The van der Waals surface area contributed by atoms with Crippen molar-refractivity contribution in [1.82, 2.24) is 0 Å². The Bertz CT molecular complexity index is 604. The van der Waals surface area contributed by atoms with E-state index < -0.39 is 9.83 Å². The van der Waals surface area contributed by atoms with E-state index in [2.05, 4.69) is 26.0 Å². The first-order valence-electron chi connectivity index (χ1n) is 7.06. The maximum atomic E-state index is 12.9. The highest BCUT2D eigenvalue weighted by atomic mass is 33.1. The fourth-order valence-electron chi connectivity index (χ4n) is 2.12. The topological polar surface area (TPSA) is 17.1 Å². The van der Waals surface area contributed by atoms with E-state index in [-0.39, 0.29) is 9.49 Å². The Kier molecular flexibility index (Phi) is 4.95. The van der Waals surface area contributed by atoms with Crippen LogP contribution < -0.4 is 0 Å². The first-order valence-corrected chi connectivity index (χ1v) is 9.55. The van der Waals surface area contributed by atoms with Crippen LogP contribution >= 0.6 is 10.8 Å². The Morgan fingerprint density at radius 2 is 1.19 bits per heavy atom. The van der Waals surface area contributed by atoms with Crippen molar-refractivity contribution >= 4 is 20.6 Å². The van der Waals surface area contributed by atoms with Gasteiger partial charge in [-0.1, -0.05) is 60.7 Å². The molecule has 1 nitrogen and oxygen atoms in total. The van der Waals surface area contributed by atoms with Gasteiger partial charge in [0.25, 0.3) is 0 Å². The van der Waals surface area contributed by atoms with Gasteiger partial charge in [-0.05, 0) is 49.6 Å². The first-order chi connectivity index (χ1) is 9.84. The van der Waals surface area contributed by atoms with Gasteiger partial charge in [0.15, 0.2) is 0 Å². The van der Waals surface area contributed by atoms with Crippen molar-refractivity contribution in [3.63, 3.8) is 0 Å². The van der Waals surface area contributed by atoms with Crippen molar-refractivity contribution in [3.8, 4) is 0 Å². The molecule has 0 fully saturated rings. The molecule has 0 aliphatic carbocycles. The molecule has 0 spiro atoms. The maximum Gasteiger partial charge on any atom is 0.0914 e. The lowest BCUT2D eigenvalue weighted by Crippen LogP contribution is -2.25. The molecule has 0 aliphatic heterocycles. The number of rotatable bonds is 5. The molecule has 0 heterocycles. The highest BCUT2D eigenvalue weighted by Crippen LogP contribution is 2.44. The van der Waals surface area contributed by atoms with E-state index in [9.17, 15) is 4.21 Å². The van der Waals surface area contributed by atoms with Crippen molar-refractivity contribution in [2.24, 2.45) is 0 Å². The molecule has 0 bridgehead atoms. The molecule has 21 heavy (non-hydrogen) atoms. The predicted molar refractivity (Wildman–Crippen MR) is 94.7 cm³/mol. The second-order valence-corrected chi connectivity index (χ2v) is 10.2. The Labute approximate surface area is 134 Å². The maximum absolute atomic E-state index is 12.9. The van der Waals surface area contributed by atoms with Crippen LogP contribution in [0.1, 0.15) is 38.8 Å². The third-order valence-corrected chi connectivity index (χ3v) is 8.47. The zero-order valence-corrected chi connectivity index (χ0v) is 14.6. The predicted octanol–water partition coefficient (Wildman–Crippen LogP) is 5.25. The van der Waals surface area contributed by atoms with E-state index in [4.69, 9.17) is 0 Å². The van der Waals surface area contributed by atoms with Crippen LogP contribution in [0, 0.1) is 0 Å². The number of hydrogen-bond acceptors (Lipinski definition) is 2. The van der Waals surface area contributed by atoms with Gasteiger partial charge < -0.3 is 0 Å². The highest BCUT2D eigenvalue weighted by molar-refractivity contribution is 8.69. The molecule has 0 saturated heterocycles. The summed E-state index contributed by atoms with van der Waals surface area (Å²) in [7, 11) is 0.494. The van der Waals surface area contributed by atoms with Crippen LogP contribution in [-0.2, 0) is 19.3 Å². The van der Waals surface area contributed by atoms with Gasteiger partial charge in [-0.2, -0.15) is 0 Å². The van der Waals surface area contributed by atoms with E-state index in [0.29, 0.717) is 0 Å². The molecule has 1 atom stereocenters. The van der Waals surface area contributed by atoms with Gasteiger partial charge in [0.1, 0.15) is 0 Å². The summed E-state index contributed by atoms with van der Waals surface area (Å²) in [4.78, 5) is 0. The molecule has 0 unspecified atom stereocenters. The quantitative estimate of drug-likeness (QED) is 0.700. The molecule has 2 rings (SSSR count). The van der Waals surface area contributed by atoms with Crippen LogP contribution in [0.3, 0.4) is 0 Å². The molecule has 0 amide bonds. The summed E-state index contributed by atoms with van der Waals surface area (Å²) in [5.74, 6) is 0. The molecule has 2 aromatic carbocycles. The largest absolute Gasteiger partial charge is 0.247 e. The molecule has 0 saturated carbocycles. The third-order valence-electron chi connectivity index (χ3n) is 3.64. The Morgan fingerprint density at radius 1 is 0.762 bits per heavy atom. The molecule has 0 aliphatic rings. The molecule has 0 radical (unpaired) electrons. The van der Waals surface area contributed by atoms with E-state index in [1.807, 2.05) is 62.4 Å². The lowest BCUT2D eigenvalue weighted by Gasteiger charge is -2.30. The summed E-state index contributed by atoms with van der Waals surface area (Å²) in [6.45, 7) is 8.36. The minimum atomic E-state index is -1.03. The van der Waals surface area contributed by atoms with Crippen LogP contribution in [0.4, 0.5) is 0 Å². The van der Waals surface area contributed by atoms with Crippen molar-refractivity contribution in [3.05, 3.63) is 71.8 Å². The summed E-state index contributed by atoms with van der Waals surface area (Å²) < 4.78 is 12.4. The molecule has 0 aromatic heterocycles. The standard InChI is InChI=1S/C18H22OS2/c1-17(2,15-11-7-5-8-12-15)20-21(19)18(3,4)16-13-9-6-10-14-16/h5-14H,1-4H3/t21-/m1/s1. The van der Waals surface area contributed by atoms with Gasteiger partial charge in [0, 0.05) is 4.75 Å². The number of hydrogen-bond donors (Lipinski definition) is 0. The molecule has 2 aromatic rings. The normalized spacial score (nSPS) is 13.9. The second kappa shape index (κ2) is 6.37. The minimum Gasteiger partial charge on any atom is -0.247 e. The van der Waals surface area contributed by atoms with Crippen LogP contribution in [-0.4, -0.2) is 4.21 Å². The summed E-state index contributed by atoms with van der Waals surface area (Å²) in [5, 5.41) is 0.